The Bertz CT molecular complexity index is 644. The van der Waals surface area contributed by atoms with E-state index in [1.54, 1.807) is 19.2 Å². The zero-order valence-corrected chi connectivity index (χ0v) is 12.9. The molecule has 0 aliphatic carbocycles. The van der Waals surface area contributed by atoms with Crippen molar-refractivity contribution in [2.75, 3.05) is 20.2 Å². The van der Waals surface area contributed by atoms with Crippen LogP contribution in [-0.4, -0.2) is 35.2 Å². The highest BCUT2D eigenvalue weighted by molar-refractivity contribution is 5.33. The van der Waals surface area contributed by atoms with Crippen molar-refractivity contribution in [3.05, 3.63) is 41.3 Å². The molecule has 2 aromatic rings. The van der Waals surface area contributed by atoms with Crippen molar-refractivity contribution in [1.29, 1.82) is 0 Å². The van der Waals surface area contributed by atoms with Crippen molar-refractivity contribution in [2.45, 2.75) is 32.2 Å². The maximum absolute atomic E-state index is 13.5. The van der Waals surface area contributed by atoms with Crippen LogP contribution in [0.2, 0.25) is 0 Å². The lowest BCUT2D eigenvalue weighted by Crippen LogP contribution is -2.34. The molecule has 1 aromatic heterocycles. The molecule has 1 saturated heterocycles. The summed E-state index contributed by atoms with van der Waals surface area (Å²) in [7, 11) is 1.61. The Balaban J connectivity index is 1.71. The molecule has 22 heavy (non-hydrogen) atoms. The molecule has 2 heterocycles. The maximum Gasteiger partial charge on any atom is 0.231 e. The molecule has 1 aliphatic rings. The van der Waals surface area contributed by atoms with E-state index in [0.29, 0.717) is 18.3 Å². The van der Waals surface area contributed by atoms with E-state index in [0.717, 1.165) is 37.2 Å². The lowest BCUT2D eigenvalue weighted by atomic mass is 9.97. The van der Waals surface area contributed by atoms with Crippen LogP contribution < -0.4 is 4.74 Å². The number of hydrogen-bond acceptors (Lipinski definition) is 5. The van der Waals surface area contributed by atoms with Gasteiger partial charge in [-0.05, 0) is 44.5 Å². The summed E-state index contributed by atoms with van der Waals surface area (Å²) in [4.78, 5) is 6.62. The first-order valence-corrected chi connectivity index (χ1v) is 7.50. The maximum atomic E-state index is 13.5. The molecule has 3 rings (SSSR count). The normalized spacial score (nSPS) is 19.3. The fourth-order valence-corrected chi connectivity index (χ4v) is 2.99. The van der Waals surface area contributed by atoms with Crippen molar-refractivity contribution in [2.24, 2.45) is 0 Å². The van der Waals surface area contributed by atoms with Gasteiger partial charge in [0.2, 0.25) is 5.89 Å². The number of piperidine rings is 1. The van der Waals surface area contributed by atoms with Crippen LogP contribution in [0.15, 0.2) is 22.7 Å². The minimum Gasteiger partial charge on any atom is -0.496 e. The van der Waals surface area contributed by atoms with Gasteiger partial charge < -0.3 is 9.26 Å². The first kappa shape index (κ1) is 15.0. The molecule has 0 saturated carbocycles. The smallest absolute Gasteiger partial charge is 0.231 e. The van der Waals surface area contributed by atoms with Gasteiger partial charge in [-0.2, -0.15) is 4.98 Å². The molecule has 0 spiro atoms. The third-order valence-corrected chi connectivity index (χ3v) is 4.03. The second kappa shape index (κ2) is 6.44. The van der Waals surface area contributed by atoms with Gasteiger partial charge in [0.1, 0.15) is 11.6 Å². The summed E-state index contributed by atoms with van der Waals surface area (Å²) >= 11 is 0. The minimum atomic E-state index is -0.239. The highest BCUT2D eigenvalue weighted by Crippen LogP contribution is 2.28. The van der Waals surface area contributed by atoms with Crippen LogP contribution in [-0.2, 0) is 6.54 Å². The molecule has 6 heteroatoms. The van der Waals surface area contributed by atoms with Gasteiger partial charge in [-0.1, -0.05) is 5.16 Å². The van der Waals surface area contributed by atoms with Gasteiger partial charge in [0.25, 0.3) is 0 Å². The summed E-state index contributed by atoms with van der Waals surface area (Å²) in [6.07, 6.45) is 2.10. The first-order chi connectivity index (χ1) is 10.7. The Morgan fingerprint density at radius 3 is 3.05 bits per heavy atom. The van der Waals surface area contributed by atoms with Crippen LogP contribution in [0.25, 0.3) is 0 Å². The van der Waals surface area contributed by atoms with E-state index >= 15 is 0 Å². The van der Waals surface area contributed by atoms with E-state index in [4.69, 9.17) is 9.26 Å². The SMILES string of the molecule is COc1ccc(F)cc1CN1CCC[C@H](c2nc(C)no2)C1. The number of hydrogen-bond donors (Lipinski definition) is 0. The summed E-state index contributed by atoms with van der Waals surface area (Å²) in [6, 6.07) is 4.63. The van der Waals surface area contributed by atoms with Crippen molar-refractivity contribution in [3.63, 3.8) is 0 Å². The first-order valence-electron chi connectivity index (χ1n) is 7.50. The van der Waals surface area contributed by atoms with Crippen LogP contribution in [0.3, 0.4) is 0 Å². The monoisotopic (exact) mass is 305 g/mol. The van der Waals surface area contributed by atoms with Crippen LogP contribution >= 0.6 is 0 Å². The lowest BCUT2D eigenvalue weighted by Gasteiger charge is -2.31. The molecule has 0 N–H and O–H groups in total. The molecule has 0 radical (unpaired) electrons. The molecule has 1 aliphatic heterocycles. The summed E-state index contributed by atoms with van der Waals surface area (Å²) < 4.78 is 24.1. The molecule has 1 atom stereocenters. The second-order valence-corrected chi connectivity index (χ2v) is 5.71. The van der Waals surface area contributed by atoms with E-state index in [1.807, 2.05) is 6.92 Å². The largest absolute Gasteiger partial charge is 0.496 e. The van der Waals surface area contributed by atoms with E-state index in [1.165, 1.54) is 6.07 Å². The number of methoxy groups -OCH3 is 1. The van der Waals surface area contributed by atoms with Crippen molar-refractivity contribution in [1.82, 2.24) is 15.0 Å². The number of nitrogens with zero attached hydrogens (tertiary/aromatic N) is 3. The molecule has 118 valence electrons. The third-order valence-electron chi connectivity index (χ3n) is 4.03. The van der Waals surface area contributed by atoms with Crippen LogP contribution in [0.5, 0.6) is 5.75 Å². The van der Waals surface area contributed by atoms with E-state index in [-0.39, 0.29) is 11.7 Å². The Hall–Kier alpha value is -1.95. The molecular formula is C16H20FN3O2. The summed E-state index contributed by atoms with van der Waals surface area (Å²) in [5.74, 6) is 2.09. The predicted molar refractivity (Wildman–Crippen MR) is 79.2 cm³/mol. The standard InChI is InChI=1S/C16H20FN3O2/c1-11-18-16(22-19-11)12-4-3-7-20(9-12)10-13-8-14(17)5-6-15(13)21-2/h5-6,8,12H,3-4,7,9-10H2,1-2H3/t12-/m0/s1. The van der Waals surface area contributed by atoms with Gasteiger partial charge in [0.15, 0.2) is 5.82 Å². The topological polar surface area (TPSA) is 51.4 Å². The van der Waals surface area contributed by atoms with Crippen LogP contribution in [0.4, 0.5) is 4.39 Å². The molecule has 1 fully saturated rings. The van der Waals surface area contributed by atoms with Crippen molar-refractivity contribution in [3.8, 4) is 5.75 Å². The Morgan fingerprint density at radius 1 is 1.45 bits per heavy atom. The van der Waals surface area contributed by atoms with Crippen LogP contribution in [0.1, 0.15) is 36.0 Å². The molecule has 1 aromatic carbocycles. The third kappa shape index (κ3) is 3.27. The molecule has 0 amide bonds. The quantitative estimate of drug-likeness (QED) is 0.869. The molecular weight excluding hydrogens is 285 g/mol. The molecule has 5 nitrogen and oxygen atoms in total. The number of likely N-dealkylation sites (tertiary alicyclic amines) is 1. The number of ether oxygens (including phenoxy) is 1. The van der Waals surface area contributed by atoms with E-state index < -0.39 is 0 Å². The molecule has 0 bridgehead atoms. The van der Waals surface area contributed by atoms with Crippen molar-refractivity contribution >= 4 is 0 Å². The lowest BCUT2D eigenvalue weighted by molar-refractivity contribution is 0.178. The Morgan fingerprint density at radius 2 is 2.32 bits per heavy atom. The zero-order chi connectivity index (χ0) is 15.5. The van der Waals surface area contributed by atoms with Gasteiger partial charge in [-0.15, -0.1) is 0 Å². The summed E-state index contributed by atoms with van der Waals surface area (Å²) in [5, 5.41) is 3.87. The fraction of sp³-hybridized carbons (Fsp3) is 0.500. The van der Waals surface area contributed by atoms with Gasteiger partial charge in [0, 0.05) is 18.7 Å². The van der Waals surface area contributed by atoms with E-state index in [9.17, 15) is 4.39 Å². The minimum absolute atomic E-state index is 0.239. The highest BCUT2D eigenvalue weighted by Gasteiger charge is 2.26. The average molecular weight is 305 g/mol. The average Bonchev–Trinajstić information content (AvgIpc) is 2.94. The summed E-state index contributed by atoms with van der Waals surface area (Å²) in [6.45, 7) is 4.29. The highest BCUT2D eigenvalue weighted by atomic mass is 19.1. The Kier molecular flexibility index (Phi) is 4.38. The zero-order valence-electron chi connectivity index (χ0n) is 12.9. The van der Waals surface area contributed by atoms with Crippen molar-refractivity contribution < 1.29 is 13.7 Å². The number of rotatable bonds is 4. The van der Waals surface area contributed by atoms with Gasteiger partial charge in [-0.3, -0.25) is 4.90 Å². The Labute approximate surface area is 129 Å². The number of aromatic nitrogens is 2. The fourth-order valence-electron chi connectivity index (χ4n) is 2.99. The summed E-state index contributed by atoms with van der Waals surface area (Å²) in [5.41, 5.74) is 0.866. The predicted octanol–water partition coefficient (Wildman–Crippen LogP) is 2.91. The number of aryl methyl sites for hydroxylation is 1. The van der Waals surface area contributed by atoms with E-state index in [2.05, 4.69) is 15.0 Å². The number of halogens is 1. The van der Waals surface area contributed by atoms with Gasteiger partial charge in [0.05, 0.1) is 13.0 Å². The van der Waals surface area contributed by atoms with Gasteiger partial charge in [-0.25, -0.2) is 4.39 Å². The van der Waals surface area contributed by atoms with Crippen LogP contribution in [0, 0.1) is 12.7 Å². The molecule has 0 unspecified atom stereocenters. The number of benzene rings is 1. The van der Waals surface area contributed by atoms with Gasteiger partial charge >= 0.3 is 0 Å². The second-order valence-electron chi connectivity index (χ2n) is 5.71.